The second-order valence-electron chi connectivity index (χ2n) is 6.55. The van der Waals surface area contributed by atoms with Gasteiger partial charge in [0, 0.05) is 25.0 Å². The summed E-state index contributed by atoms with van der Waals surface area (Å²) in [5.41, 5.74) is 1.87. The molecule has 2 rings (SSSR count). The van der Waals surface area contributed by atoms with Gasteiger partial charge in [-0.3, -0.25) is 4.79 Å². The number of carbonyl (C=O) groups excluding carboxylic acids is 2. The zero-order chi connectivity index (χ0) is 22.1. The molecule has 0 saturated heterocycles. The lowest BCUT2D eigenvalue weighted by Gasteiger charge is -2.17. The molecule has 0 aliphatic rings. The van der Waals surface area contributed by atoms with Crippen LogP contribution in [0.15, 0.2) is 53.4 Å². The Hall–Kier alpha value is -2.58. The number of aryl methyl sites for hydroxylation is 1. The van der Waals surface area contributed by atoms with Crippen molar-refractivity contribution in [3.63, 3.8) is 0 Å². The number of sulfonamides is 1. The third-order valence-electron chi connectivity index (χ3n) is 4.37. The van der Waals surface area contributed by atoms with Crippen LogP contribution in [0.2, 0.25) is 5.02 Å². The molecule has 0 spiro atoms. The molecular formula is C21H25ClN2O5S. The highest BCUT2D eigenvalue weighted by atomic mass is 35.5. The molecule has 0 aliphatic heterocycles. The Morgan fingerprint density at radius 1 is 1.07 bits per heavy atom. The van der Waals surface area contributed by atoms with E-state index in [0.29, 0.717) is 35.1 Å². The lowest BCUT2D eigenvalue weighted by Crippen LogP contribution is -2.33. The molecule has 0 fully saturated rings. The Morgan fingerprint density at radius 2 is 1.77 bits per heavy atom. The third kappa shape index (κ3) is 6.74. The molecule has 1 N–H and O–H groups in total. The predicted octanol–water partition coefficient (Wildman–Crippen LogP) is 3.41. The number of nitrogens with one attached hydrogen (secondary N) is 1. The molecule has 0 atom stereocenters. The van der Waals surface area contributed by atoms with E-state index in [1.165, 1.54) is 12.1 Å². The fourth-order valence-corrected chi connectivity index (χ4v) is 3.94. The van der Waals surface area contributed by atoms with E-state index in [-0.39, 0.29) is 17.4 Å². The molecule has 7 nitrogen and oxygen atoms in total. The van der Waals surface area contributed by atoms with E-state index >= 15 is 0 Å². The van der Waals surface area contributed by atoms with Crippen molar-refractivity contribution in [3.05, 3.63) is 64.7 Å². The van der Waals surface area contributed by atoms with Gasteiger partial charge in [0.25, 0.3) is 10.0 Å². The van der Waals surface area contributed by atoms with Crippen molar-refractivity contribution in [2.24, 2.45) is 0 Å². The topological polar surface area (TPSA) is 92.8 Å². The molecule has 2 amide bonds. The molecule has 9 heteroatoms. The highest BCUT2D eigenvalue weighted by Crippen LogP contribution is 2.16. The molecule has 0 aliphatic carbocycles. The van der Waals surface area contributed by atoms with E-state index < -0.39 is 16.1 Å². The molecule has 30 heavy (non-hydrogen) atoms. The van der Waals surface area contributed by atoms with Crippen molar-refractivity contribution < 1.29 is 22.7 Å². The zero-order valence-electron chi connectivity index (χ0n) is 16.9. The number of halogens is 1. The van der Waals surface area contributed by atoms with Gasteiger partial charge in [-0.1, -0.05) is 35.9 Å². The van der Waals surface area contributed by atoms with E-state index in [1.807, 2.05) is 18.2 Å². The number of carbonyl (C=O) groups is 2. The number of hydrogen-bond donors (Lipinski definition) is 1. The molecule has 0 unspecified atom stereocenters. The van der Waals surface area contributed by atoms with Gasteiger partial charge in [-0.2, -0.15) is 0 Å². The van der Waals surface area contributed by atoms with Gasteiger partial charge < -0.3 is 10.1 Å². The van der Waals surface area contributed by atoms with Crippen molar-refractivity contribution in [3.8, 4) is 0 Å². The summed E-state index contributed by atoms with van der Waals surface area (Å²) in [4.78, 5) is 23.7. The first kappa shape index (κ1) is 23.7. The van der Waals surface area contributed by atoms with Crippen LogP contribution in [0.1, 0.15) is 24.5 Å². The van der Waals surface area contributed by atoms with Gasteiger partial charge in [0.05, 0.1) is 11.5 Å². The van der Waals surface area contributed by atoms with E-state index in [2.05, 4.69) is 5.32 Å². The maximum absolute atomic E-state index is 12.4. The quantitative estimate of drug-likeness (QED) is 0.629. The van der Waals surface area contributed by atoms with Crippen molar-refractivity contribution in [2.45, 2.75) is 31.1 Å². The van der Waals surface area contributed by atoms with Gasteiger partial charge in [0.2, 0.25) is 5.91 Å². The summed E-state index contributed by atoms with van der Waals surface area (Å²) in [6.45, 7) is 2.12. The van der Waals surface area contributed by atoms with Crippen LogP contribution in [-0.2, 0) is 32.4 Å². The lowest BCUT2D eigenvalue weighted by atomic mass is 10.1. The lowest BCUT2D eigenvalue weighted by molar-refractivity contribution is -0.121. The van der Waals surface area contributed by atoms with E-state index in [0.717, 1.165) is 18.2 Å². The van der Waals surface area contributed by atoms with Gasteiger partial charge in [-0.05, 0) is 55.2 Å². The number of nitrogens with zero attached hydrogens (tertiary/aromatic N) is 1. The minimum atomic E-state index is -3.97. The average molecular weight is 453 g/mol. The van der Waals surface area contributed by atoms with Crippen LogP contribution in [0.5, 0.6) is 0 Å². The fraction of sp³-hybridized carbons (Fsp3) is 0.333. The molecule has 2 aromatic carbocycles. The Morgan fingerprint density at radius 3 is 2.40 bits per heavy atom. The van der Waals surface area contributed by atoms with Crippen LogP contribution in [0.25, 0.3) is 0 Å². The normalized spacial score (nSPS) is 11.0. The highest BCUT2D eigenvalue weighted by Gasteiger charge is 2.26. The Labute approximate surface area is 182 Å². The number of amides is 2. The van der Waals surface area contributed by atoms with Crippen LogP contribution in [-0.4, -0.2) is 44.9 Å². The third-order valence-corrected chi connectivity index (χ3v) is 6.35. The largest absolute Gasteiger partial charge is 0.449 e. The second kappa shape index (κ2) is 11.0. The minimum absolute atomic E-state index is 0.00707. The van der Waals surface area contributed by atoms with Gasteiger partial charge >= 0.3 is 6.09 Å². The van der Waals surface area contributed by atoms with Crippen LogP contribution < -0.4 is 5.32 Å². The number of benzene rings is 2. The van der Waals surface area contributed by atoms with Crippen molar-refractivity contribution in [1.82, 2.24) is 9.62 Å². The van der Waals surface area contributed by atoms with Crippen LogP contribution >= 0.6 is 11.6 Å². The predicted molar refractivity (Wildman–Crippen MR) is 115 cm³/mol. The smallest absolute Gasteiger partial charge is 0.423 e. The molecular weight excluding hydrogens is 428 g/mol. The van der Waals surface area contributed by atoms with Crippen LogP contribution in [0.4, 0.5) is 4.79 Å². The van der Waals surface area contributed by atoms with Crippen LogP contribution in [0, 0.1) is 0 Å². The fourth-order valence-electron chi connectivity index (χ4n) is 2.68. The summed E-state index contributed by atoms with van der Waals surface area (Å²) < 4.78 is 30.2. The maximum Gasteiger partial charge on any atom is 0.423 e. The molecule has 0 radical (unpaired) electrons. The first-order valence-corrected chi connectivity index (χ1v) is 11.3. The molecule has 0 saturated carbocycles. The second-order valence-corrected chi connectivity index (χ2v) is 8.95. The first-order valence-electron chi connectivity index (χ1n) is 9.49. The van der Waals surface area contributed by atoms with Crippen LogP contribution in [0.3, 0.4) is 0 Å². The van der Waals surface area contributed by atoms with E-state index in [9.17, 15) is 18.0 Å². The first-order chi connectivity index (χ1) is 14.2. The Balaban J connectivity index is 1.83. The number of rotatable bonds is 9. The van der Waals surface area contributed by atoms with Gasteiger partial charge in [0.15, 0.2) is 0 Å². The van der Waals surface area contributed by atoms with Gasteiger partial charge in [-0.25, -0.2) is 17.5 Å². The van der Waals surface area contributed by atoms with Gasteiger partial charge in [-0.15, -0.1) is 0 Å². The molecule has 162 valence electrons. The highest BCUT2D eigenvalue weighted by molar-refractivity contribution is 7.89. The molecule has 0 heterocycles. The minimum Gasteiger partial charge on any atom is -0.449 e. The maximum atomic E-state index is 12.4. The Kier molecular flexibility index (Phi) is 8.68. The summed E-state index contributed by atoms with van der Waals surface area (Å²) in [6, 6.07) is 13.6. The monoisotopic (exact) mass is 452 g/mol. The zero-order valence-corrected chi connectivity index (χ0v) is 18.5. The Bertz CT molecular complexity index is 977. The molecule has 0 bridgehead atoms. The molecule has 2 aromatic rings. The van der Waals surface area contributed by atoms with Crippen molar-refractivity contribution in [2.75, 3.05) is 20.2 Å². The average Bonchev–Trinajstić information content (AvgIpc) is 2.72. The summed E-state index contributed by atoms with van der Waals surface area (Å²) >= 11 is 5.93. The van der Waals surface area contributed by atoms with E-state index in [4.69, 9.17) is 16.3 Å². The van der Waals surface area contributed by atoms with Crippen molar-refractivity contribution >= 4 is 33.6 Å². The SMILES string of the molecule is CCOC(=O)N(C)S(=O)(=O)c1ccc(CCNC(=O)CCc2cccc(Cl)c2)cc1. The molecule has 0 aromatic heterocycles. The number of ether oxygens (including phenoxy) is 1. The van der Waals surface area contributed by atoms with E-state index in [1.54, 1.807) is 25.1 Å². The summed E-state index contributed by atoms with van der Waals surface area (Å²) in [5, 5.41) is 3.49. The van der Waals surface area contributed by atoms with Crippen molar-refractivity contribution in [1.29, 1.82) is 0 Å². The summed E-state index contributed by atoms with van der Waals surface area (Å²) in [7, 11) is -2.82. The summed E-state index contributed by atoms with van der Waals surface area (Å²) in [5.74, 6) is -0.0646. The number of hydrogen-bond acceptors (Lipinski definition) is 5. The van der Waals surface area contributed by atoms with Gasteiger partial charge in [0.1, 0.15) is 0 Å². The standard InChI is InChI=1S/C21H25ClN2O5S/c1-3-29-21(26)24(2)30(27,28)19-10-7-16(8-11-19)13-14-23-20(25)12-9-17-5-4-6-18(22)15-17/h4-8,10-11,15H,3,9,12-14H2,1-2H3,(H,23,25). The summed E-state index contributed by atoms with van der Waals surface area (Å²) in [6.07, 6.45) is 0.587.